The summed E-state index contributed by atoms with van der Waals surface area (Å²) in [7, 11) is 5.30. The topological polar surface area (TPSA) is 65.3 Å². The molecule has 7 heteroatoms. The van der Waals surface area contributed by atoms with Gasteiger partial charge in [-0.3, -0.25) is 0 Å². The molecule has 3 aromatic rings. The lowest BCUT2D eigenvalue weighted by Gasteiger charge is -2.18. The van der Waals surface area contributed by atoms with E-state index in [0.717, 1.165) is 48.1 Å². The van der Waals surface area contributed by atoms with Gasteiger partial charge in [-0.2, -0.15) is 4.98 Å². The van der Waals surface area contributed by atoms with Crippen LogP contribution in [-0.2, 0) is 7.05 Å². The summed E-state index contributed by atoms with van der Waals surface area (Å²) in [5, 5.41) is 0. The van der Waals surface area contributed by atoms with E-state index in [1.807, 2.05) is 29.9 Å². The molecule has 0 aliphatic carbocycles. The quantitative estimate of drug-likeness (QED) is 0.727. The molecule has 0 spiro atoms. The predicted molar refractivity (Wildman–Crippen MR) is 95.4 cm³/mol. The minimum absolute atomic E-state index is 0.355. The van der Waals surface area contributed by atoms with E-state index in [0.29, 0.717) is 5.92 Å². The van der Waals surface area contributed by atoms with Crippen LogP contribution in [0.2, 0.25) is 0 Å². The number of hydrogen-bond acceptors (Lipinski definition) is 6. The lowest BCUT2D eigenvalue weighted by Crippen LogP contribution is -2.21. The lowest BCUT2D eigenvalue weighted by molar-refractivity contribution is 0.350. The maximum atomic E-state index is 5.59. The number of ether oxygens (including phenoxy) is 2. The molecule has 1 atom stereocenters. The van der Waals surface area contributed by atoms with Gasteiger partial charge in [-0.15, -0.1) is 0 Å². The van der Waals surface area contributed by atoms with Gasteiger partial charge in [0.2, 0.25) is 5.95 Å². The Balaban J connectivity index is 1.60. The number of rotatable bonds is 4. The van der Waals surface area contributed by atoms with Gasteiger partial charge in [-0.1, -0.05) is 12.1 Å². The minimum Gasteiger partial charge on any atom is -0.493 e. The van der Waals surface area contributed by atoms with Crippen molar-refractivity contribution >= 4 is 17.1 Å². The number of methoxy groups -OCH3 is 2. The molecule has 1 saturated heterocycles. The van der Waals surface area contributed by atoms with Crippen molar-refractivity contribution in [3.8, 4) is 11.5 Å². The lowest BCUT2D eigenvalue weighted by atomic mass is 9.97. The van der Waals surface area contributed by atoms with Crippen LogP contribution in [0.3, 0.4) is 0 Å². The van der Waals surface area contributed by atoms with Crippen LogP contribution < -0.4 is 14.4 Å². The summed E-state index contributed by atoms with van der Waals surface area (Å²) in [5.41, 5.74) is 2.84. The predicted octanol–water partition coefficient (Wildman–Crippen LogP) is 2.37. The van der Waals surface area contributed by atoms with Crippen LogP contribution >= 0.6 is 0 Å². The standard InChI is InChI=1S/C18H21N5O2/c1-22-11-20-17-14(22)9-19-18(21-17)23-8-7-12(10-23)13-5-4-6-15(24-2)16(13)25-3/h4-6,9,11-12H,7-8,10H2,1-3H3. The normalized spacial score (nSPS) is 17.2. The van der Waals surface area contributed by atoms with Crippen molar-refractivity contribution in [2.45, 2.75) is 12.3 Å². The fraction of sp³-hybridized carbons (Fsp3) is 0.389. The van der Waals surface area contributed by atoms with Gasteiger partial charge in [0, 0.05) is 31.6 Å². The number of benzene rings is 1. The molecule has 25 heavy (non-hydrogen) atoms. The van der Waals surface area contributed by atoms with Crippen LogP contribution in [0.5, 0.6) is 11.5 Å². The Bertz CT molecular complexity index is 908. The summed E-state index contributed by atoms with van der Waals surface area (Å²) in [6, 6.07) is 6.04. The SMILES string of the molecule is COc1cccc(C2CCN(c3ncc4c(ncn4C)n3)C2)c1OC. The Kier molecular flexibility index (Phi) is 3.91. The molecule has 7 nitrogen and oxygen atoms in total. The Morgan fingerprint density at radius 2 is 2.04 bits per heavy atom. The smallest absolute Gasteiger partial charge is 0.227 e. The number of aromatic nitrogens is 4. The first-order chi connectivity index (χ1) is 12.2. The first-order valence-corrected chi connectivity index (χ1v) is 8.31. The molecule has 2 aromatic heterocycles. The fourth-order valence-corrected chi connectivity index (χ4v) is 3.49. The number of para-hydroxylation sites is 1. The van der Waals surface area contributed by atoms with Gasteiger partial charge in [-0.05, 0) is 12.5 Å². The number of fused-ring (bicyclic) bond motifs is 1. The van der Waals surface area contributed by atoms with E-state index in [-0.39, 0.29) is 0 Å². The molecule has 1 aliphatic rings. The summed E-state index contributed by atoms with van der Waals surface area (Å²) in [4.78, 5) is 15.7. The van der Waals surface area contributed by atoms with E-state index in [9.17, 15) is 0 Å². The molecule has 130 valence electrons. The van der Waals surface area contributed by atoms with Gasteiger partial charge < -0.3 is 18.9 Å². The molecular formula is C18H21N5O2. The zero-order valence-corrected chi connectivity index (χ0v) is 14.6. The second-order valence-electron chi connectivity index (χ2n) is 6.25. The maximum absolute atomic E-state index is 5.59. The molecule has 0 saturated carbocycles. The third-order valence-electron chi connectivity index (χ3n) is 4.81. The monoisotopic (exact) mass is 339 g/mol. The molecule has 1 unspecified atom stereocenters. The molecule has 3 heterocycles. The molecule has 4 rings (SSSR count). The van der Waals surface area contributed by atoms with Gasteiger partial charge in [-0.25, -0.2) is 9.97 Å². The Morgan fingerprint density at radius 1 is 1.16 bits per heavy atom. The van der Waals surface area contributed by atoms with Crippen LogP contribution in [0, 0.1) is 0 Å². The zero-order chi connectivity index (χ0) is 17.4. The number of hydrogen-bond donors (Lipinski definition) is 0. The van der Waals surface area contributed by atoms with E-state index in [2.05, 4.69) is 25.9 Å². The summed E-state index contributed by atoms with van der Waals surface area (Å²) in [6.07, 6.45) is 4.62. The maximum Gasteiger partial charge on any atom is 0.227 e. The van der Waals surface area contributed by atoms with Gasteiger partial charge in [0.15, 0.2) is 17.1 Å². The number of nitrogens with zero attached hydrogens (tertiary/aromatic N) is 5. The highest BCUT2D eigenvalue weighted by molar-refractivity contribution is 5.71. The zero-order valence-electron chi connectivity index (χ0n) is 14.6. The second-order valence-corrected chi connectivity index (χ2v) is 6.25. The molecule has 0 radical (unpaired) electrons. The largest absolute Gasteiger partial charge is 0.493 e. The van der Waals surface area contributed by atoms with Crippen molar-refractivity contribution in [1.29, 1.82) is 0 Å². The second kappa shape index (κ2) is 6.23. The van der Waals surface area contributed by atoms with E-state index in [1.165, 1.54) is 5.56 Å². The minimum atomic E-state index is 0.355. The van der Waals surface area contributed by atoms with Gasteiger partial charge in [0.1, 0.15) is 5.52 Å². The highest BCUT2D eigenvalue weighted by Gasteiger charge is 2.29. The van der Waals surface area contributed by atoms with Crippen LogP contribution in [0.4, 0.5) is 5.95 Å². The van der Waals surface area contributed by atoms with Gasteiger partial charge in [0.25, 0.3) is 0 Å². The summed E-state index contributed by atoms with van der Waals surface area (Å²) < 4.78 is 12.9. The van der Waals surface area contributed by atoms with Crippen molar-refractivity contribution in [3.63, 3.8) is 0 Å². The van der Waals surface area contributed by atoms with Crippen LogP contribution in [-0.4, -0.2) is 46.8 Å². The molecule has 1 fully saturated rings. The molecule has 1 aliphatic heterocycles. The van der Waals surface area contributed by atoms with Crippen LogP contribution in [0.1, 0.15) is 17.9 Å². The van der Waals surface area contributed by atoms with Crippen LogP contribution in [0.25, 0.3) is 11.2 Å². The highest BCUT2D eigenvalue weighted by atomic mass is 16.5. The van der Waals surface area contributed by atoms with Crippen molar-refractivity contribution in [3.05, 3.63) is 36.3 Å². The Hall–Kier alpha value is -2.83. The molecule has 0 N–H and O–H groups in total. The number of anilines is 1. The van der Waals surface area contributed by atoms with Crippen LogP contribution in [0.15, 0.2) is 30.7 Å². The van der Waals surface area contributed by atoms with Crippen molar-refractivity contribution in [2.24, 2.45) is 7.05 Å². The van der Waals surface area contributed by atoms with Gasteiger partial charge >= 0.3 is 0 Å². The molecule has 0 amide bonds. The van der Waals surface area contributed by atoms with Crippen molar-refractivity contribution in [1.82, 2.24) is 19.5 Å². The van der Waals surface area contributed by atoms with Crippen molar-refractivity contribution < 1.29 is 9.47 Å². The third kappa shape index (κ3) is 2.65. The van der Waals surface area contributed by atoms with E-state index in [4.69, 9.17) is 9.47 Å². The number of imidazole rings is 1. The van der Waals surface area contributed by atoms with E-state index < -0.39 is 0 Å². The summed E-state index contributed by atoms with van der Waals surface area (Å²) in [5.74, 6) is 2.67. The molecular weight excluding hydrogens is 318 g/mol. The highest BCUT2D eigenvalue weighted by Crippen LogP contribution is 2.39. The third-order valence-corrected chi connectivity index (χ3v) is 4.81. The van der Waals surface area contributed by atoms with E-state index in [1.54, 1.807) is 20.5 Å². The number of aryl methyl sites for hydroxylation is 1. The Labute approximate surface area is 146 Å². The molecule has 0 bridgehead atoms. The average Bonchev–Trinajstić information content (AvgIpc) is 3.28. The van der Waals surface area contributed by atoms with E-state index >= 15 is 0 Å². The first kappa shape index (κ1) is 15.7. The summed E-state index contributed by atoms with van der Waals surface area (Å²) >= 11 is 0. The summed E-state index contributed by atoms with van der Waals surface area (Å²) in [6.45, 7) is 1.76. The first-order valence-electron chi connectivity index (χ1n) is 8.31. The Morgan fingerprint density at radius 3 is 2.84 bits per heavy atom. The van der Waals surface area contributed by atoms with Gasteiger partial charge in [0.05, 0.1) is 26.7 Å². The van der Waals surface area contributed by atoms with Crippen molar-refractivity contribution in [2.75, 3.05) is 32.2 Å². The average molecular weight is 339 g/mol. The fourth-order valence-electron chi connectivity index (χ4n) is 3.49. The molecule has 1 aromatic carbocycles.